The van der Waals surface area contributed by atoms with E-state index in [1.165, 1.54) is 12.1 Å². The second-order valence-electron chi connectivity index (χ2n) is 4.11. The summed E-state index contributed by atoms with van der Waals surface area (Å²) in [6.45, 7) is 0. The van der Waals surface area contributed by atoms with E-state index in [9.17, 15) is 4.39 Å². The minimum atomic E-state index is -0.317. The number of nitrogen functional groups attached to an aromatic ring is 1. The van der Waals surface area contributed by atoms with E-state index in [-0.39, 0.29) is 11.7 Å². The third-order valence-electron chi connectivity index (χ3n) is 2.81. The van der Waals surface area contributed by atoms with Gasteiger partial charge in [-0.25, -0.2) is 4.39 Å². The van der Waals surface area contributed by atoms with Gasteiger partial charge < -0.3 is 10.6 Å². The molecule has 2 aromatic carbocycles. The number of anilines is 2. The Labute approximate surface area is 115 Å². The van der Waals surface area contributed by atoms with E-state index >= 15 is 0 Å². The molecule has 19 heavy (non-hydrogen) atoms. The summed E-state index contributed by atoms with van der Waals surface area (Å²) in [5, 5.41) is 8.09. The summed E-state index contributed by atoms with van der Waals surface area (Å²) in [5.41, 5.74) is 7.43. The third kappa shape index (κ3) is 2.85. The molecule has 0 aliphatic rings. The lowest BCUT2D eigenvalue weighted by atomic mass is 10.1. The molecule has 0 heterocycles. The van der Waals surface area contributed by atoms with E-state index in [0.29, 0.717) is 22.0 Å². The number of nitrogens with one attached hydrogen (secondary N) is 1. The monoisotopic (exact) mass is 277 g/mol. The highest BCUT2D eigenvalue weighted by Crippen LogP contribution is 2.29. The van der Waals surface area contributed by atoms with Crippen LogP contribution in [0.3, 0.4) is 0 Å². The first-order valence-electron chi connectivity index (χ1n) is 5.62. The highest BCUT2D eigenvalue weighted by atomic mass is 35.5. The van der Waals surface area contributed by atoms with Crippen LogP contribution in [0.15, 0.2) is 42.5 Å². The fraction of sp³-hybridized carbons (Fsp3) is 0.0714. The highest BCUT2D eigenvalue weighted by molar-refractivity contribution is 6.31. The molecular formula is C14H13ClFN3. The predicted octanol–water partition coefficient (Wildman–Crippen LogP) is 3.53. The van der Waals surface area contributed by atoms with Crippen molar-refractivity contribution in [3.8, 4) is 0 Å². The molecule has 0 spiro atoms. The van der Waals surface area contributed by atoms with Crippen molar-refractivity contribution in [2.45, 2.75) is 0 Å². The Balaban J connectivity index is 2.49. The molecule has 0 aliphatic carbocycles. The molecule has 0 aromatic heterocycles. The molecule has 0 radical (unpaired) electrons. The Morgan fingerprint density at radius 1 is 1.26 bits per heavy atom. The zero-order valence-corrected chi connectivity index (χ0v) is 11.1. The van der Waals surface area contributed by atoms with Gasteiger partial charge in [-0.15, -0.1) is 0 Å². The van der Waals surface area contributed by atoms with Gasteiger partial charge in [-0.1, -0.05) is 17.7 Å². The highest BCUT2D eigenvalue weighted by Gasteiger charge is 2.12. The lowest BCUT2D eigenvalue weighted by Gasteiger charge is -2.22. The van der Waals surface area contributed by atoms with E-state index in [1.807, 2.05) is 0 Å². The second kappa shape index (κ2) is 5.28. The van der Waals surface area contributed by atoms with Gasteiger partial charge in [-0.05, 0) is 36.4 Å². The molecule has 0 amide bonds. The maximum Gasteiger partial charge on any atom is 0.125 e. The third-order valence-corrected chi connectivity index (χ3v) is 3.04. The standard InChI is InChI=1S/C14H13ClFN3/c1-19(11-4-2-3-10(16)8-11)13-6-5-9(15)7-12(13)14(17)18/h2-8H,1H3,(H3,17,18). The fourth-order valence-electron chi connectivity index (χ4n) is 1.84. The molecule has 0 aliphatic heterocycles. The van der Waals surface area contributed by atoms with Crippen LogP contribution >= 0.6 is 11.6 Å². The summed E-state index contributed by atoms with van der Waals surface area (Å²) in [7, 11) is 1.78. The van der Waals surface area contributed by atoms with Crippen LogP contribution < -0.4 is 10.6 Å². The van der Waals surface area contributed by atoms with Gasteiger partial charge in [0.15, 0.2) is 0 Å². The van der Waals surface area contributed by atoms with Crippen molar-refractivity contribution in [1.29, 1.82) is 5.41 Å². The van der Waals surface area contributed by atoms with Crippen LogP contribution in [-0.2, 0) is 0 Å². The van der Waals surface area contributed by atoms with Gasteiger partial charge >= 0.3 is 0 Å². The Morgan fingerprint density at radius 3 is 2.63 bits per heavy atom. The van der Waals surface area contributed by atoms with Gasteiger partial charge in [-0.2, -0.15) is 0 Å². The van der Waals surface area contributed by atoms with Gasteiger partial charge in [0.25, 0.3) is 0 Å². The lowest BCUT2D eigenvalue weighted by Crippen LogP contribution is -2.18. The number of nitrogens with zero attached hydrogens (tertiary/aromatic N) is 1. The number of nitrogens with two attached hydrogens (primary N) is 1. The van der Waals surface area contributed by atoms with Crippen molar-refractivity contribution in [3.05, 3.63) is 58.9 Å². The molecule has 0 saturated heterocycles. The Morgan fingerprint density at radius 2 is 2.00 bits per heavy atom. The Bertz CT molecular complexity index is 628. The maximum atomic E-state index is 13.3. The van der Waals surface area contributed by atoms with E-state index in [1.54, 1.807) is 42.3 Å². The van der Waals surface area contributed by atoms with Gasteiger partial charge in [0.2, 0.25) is 0 Å². The van der Waals surface area contributed by atoms with Crippen LogP contribution in [0.1, 0.15) is 5.56 Å². The molecule has 5 heteroatoms. The van der Waals surface area contributed by atoms with Crippen molar-refractivity contribution in [3.63, 3.8) is 0 Å². The van der Waals surface area contributed by atoms with Crippen LogP contribution in [0.4, 0.5) is 15.8 Å². The lowest BCUT2D eigenvalue weighted by molar-refractivity contribution is 0.628. The molecule has 0 unspecified atom stereocenters. The number of benzene rings is 2. The average molecular weight is 278 g/mol. The summed E-state index contributed by atoms with van der Waals surface area (Å²) in [4.78, 5) is 1.76. The molecule has 0 atom stereocenters. The van der Waals surface area contributed by atoms with Crippen LogP contribution in [0, 0.1) is 11.2 Å². The van der Waals surface area contributed by atoms with Crippen molar-refractivity contribution in [2.75, 3.05) is 11.9 Å². The number of hydrogen-bond acceptors (Lipinski definition) is 2. The van der Waals surface area contributed by atoms with Crippen molar-refractivity contribution in [1.82, 2.24) is 0 Å². The normalized spacial score (nSPS) is 10.3. The van der Waals surface area contributed by atoms with Crippen molar-refractivity contribution in [2.24, 2.45) is 5.73 Å². The summed E-state index contributed by atoms with van der Waals surface area (Å²) in [6, 6.07) is 11.3. The molecule has 0 fully saturated rings. The zero-order valence-electron chi connectivity index (χ0n) is 10.3. The molecule has 2 aromatic rings. The average Bonchev–Trinajstić information content (AvgIpc) is 2.37. The maximum absolute atomic E-state index is 13.3. The molecule has 0 bridgehead atoms. The van der Waals surface area contributed by atoms with E-state index in [0.717, 1.165) is 0 Å². The minimum absolute atomic E-state index is 0.0826. The molecule has 3 nitrogen and oxygen atoms in total. The van der Waals surface area contributed by atoms with Crippen LogP contribution in [0.5, 0.6) is 0 Å². The Hall–Kier alpha value is -2.07. The minimum Gasteiger partial charge on any atom is -0.384 e. The number of amidine groups is 1. The topological polar surface area (TPSA) is 53.1 Å². The predicted molar refractivity (Wildman–Crippen MR) is 76.9 cm³/mol. The van der Waals surface area contributed by atoms with Crippen LogP contribution in [0.2, 0.25) is 5.02 Å². The van der Waals surface area contributed by atoms with Crippen LogP contribution in [0.25, 0.3) is 0 Å². The summed E-state index contributed by atoms with van der Waals surface area (Å²) in [6.07, 6.45) is 0. The summed E-state index contributed by atoms with van der Waals surface area (Å²) >= 11 is 5.91. The summed E-state index contributed by atoms with van der Waals surface area (Å²) in [5.74, 6) is -0.400. The van der Waals surface area contributed by atoms with E-state index in [4.69, 9.17) is 22.7 Å². The van der Waals surface area contributed by atoms with Crippen molar-refractivity contribution >= 4 is 28.8 Å². The SMILES string of the molecule is CN(c1cccc(F)c1)c1ccc(Cl)cc1C(=N)N. The van der Waals surface area contributed by atoms with Gasteiger partial charge in [0, 0.05) is 23.3 Å². The zero-order chi connectivity index (χ0) is 14.0. The molecule has 0 saturated carbocycles. The quantitative estimate of drug-likeness (QED) is 0.666. The van der Waals surface area contributed by atoms with Gasteiger partial charge in [-0.3, -0.25) is 5.41 Å². The number of halogens is 2. The number of rotatable bonds is 3. The first-order chi connectivity index (χ1) is 8.99. The molecule has 98 valence electrons. The smallest absolute Gasteiger partial charge is 0.125 e. The molecule has 2 rings (SSSR count). The van der Waals surface area contributed by atoms with Crippen LogP contribution in [-0.4, -0.2) is 12.9 Å². The van der Waals surface area contributed by atoms with Crippen molar-refractivity contribution < 1.29 is 4.39 Å². The largest absolute Gasteiger partial charge is 0.384 e. The summed E-state index contributed by atoms with van der Waals surface area (Å²) < 4.78 is 13.3. The Kier molecular flexibility index (Phi) is 3.71. The first kappa shape index (κ1) is 13.4. The van der Waals surface area contributed by atoms with E-state index in [2.05, 4.69) is 0 Å². The number of hydrogen-bond donors (Lipinski definition) is 2. The molecule has 3 N–H and O–H groups in total. The molecular weight excluding hydrogens is 265 g/mol. The van der Waals surface area contributed by atoms with Gasteiger partial charge in [0.1, 0.15) is 11.7 Å². The second-order valence-corrected chi connectivity index (χ2v) is 4.55. The van der Waals surface area contributed by atoms with Gasteiger partial charge in [0.05, 0.1) is 5.69 Å². The van der Waals surface area contributed by atoms with E-state index < -0.39 is 0 Å². The fourth-order valence-corrected chi connectivity index (χ4v) is 2.01. The first-order valence-corrected chi connectivity index (χ1v) is 6.00.